The number of furan rings is 1. The summed E-state index contributed by atoms with van der Waals surface area (Å²) in [4.78, 5) is 32.8. The Bertz CT molecular complexity index is 922. The SMILES string of the molecule is Cc1ccc(NC(=O)c2c(C)oc3ncn(C)c(=O)c23)nc1. The van der Waals surface area contributed by atoms with Gasteiger partial charge in [-0.1, -0.05) is 6.07 Å². The number of rotatable bonds is 2. The van der Waals surface area contributed by atoms with Gasteiger partial charge in [0.25, 0.3) is 11.5 Å². The van der Waals surface area contributed by atoms with Crippen molar-refractivity contribution >= 4 is 22.8 Å². The molecule has 0 fully saturated rings. The summed E-state index contributed by atoms with van der Waals surface area (Å²) in [7, 11) is 1.57. The standard InChI is InChI=1S/C15H14N4O3/c1-8-4-5-10(16-6-8)18-13(20)11-9(2)22-14-12(11)15(21)19(3)7-17-14/h4-7H,1-3H3,(H,16,18,20). The van der Waals surface area contributed by atoms with Gasteiger partial charge >= 0.3 is 0 Å². The van der Waals surface area contributed by atoms with E-state index < -0.39 is 5.91 Å². The zero-order valence-electron chi connectivity index (χ0n) is 12.4. The van der Waals surface area contributed by atoms with Gasteiger partial charge in [-0.15, -0.1) is 0 Å². The number of fused-ring (bicyclic) bond motifs is 1. The molecule has 0 aliphatic carbocycles. The summed E-state index contributed by atoms with van der Waals surface area (Å²) in [5, 5.41) is 2.84. The molecule has 1 N–H and O–H groups in total. The van der Waals surface area contributed by atoms with Gasteiger partial charge in [0.05, 0.1) is 5.56 Å². The number of carbonyl (C=O) groups is 1. The van der Waals surface area contributed by atoms with Crippen LogP contribution in [0.5, 0.6) is 0 Å². The van der Waals surface area contributed by atoms with Crippen LogP contribution in [0.4, 0.5) is 5.82 Å². The first-order valence-corrected chi connectivity index (χ1v) is 6.66. The molecular weight excluding hydrogens is 284 g/mol. The average Bonchev–Trinajstić information content (AvgIpc) is 2.82. The second-order valence-electron chi connectivity index (χ2n) is 5.05. The maximum Gasteiger partial charge on any atom is 0.265 e. The molecule has 0 spiro atoms. The highest BCUT2D eigenvalue weighted by molar-refractivity contribution is 6.12. The number of carbonyl (C=O) groups excluding carboxylic acids is 1. The first-order chi connectivity index (χ1) is 10.5. The molecule has 0 saturated heterocycles. The van der Waals surface area contributed by atoms with Crippen LogP contribution in [0.2, 0.25) is 0 Å². The minimum atomic E-state index is -0.447. The number of nitrogens with zero attached hydrogens (tertiary/aromatic N) is 3. The lowest BCUT2D eigenvalue weighted by Gasteiger charge is -2.04. The molecule has 0 radical (unpaired) electrons. The van der Waals surface area contributed by atoms with Crippen LogP contribution in [0.1, 0.15) is 21.7 Å². The number of hydrogen-bond donors (Lipinski definition) is 1. The summed E-state index contributed by atoms with van der Waals surface area (Å²) in [5.41, 5.74) is 0.999. The average molecular weight is 298 g/mol. The van der Waals surface area contributed by atoms with Crippen LogP contribution in [0, 0.1) is 13.8 Å². The Morgan fingerprint density at radius 1 is 1.27 bits per heavy atom. The minimum absolute atomic E-state index is 0.155. The van der Waals surface area contributed by atoms with Crippen molar-refractivity contribution in [2.45, 2.75) is 13.8 Å². The van der Waals surface area contributed by atoms with Crippen LogP contribution in [-0.2, 0) is 7.05 Å². The van der Waals surface area contributed by atoms with Gasteiger partial charge in [0.2, 0.25) is 5.71 Å². The van der Waals surface area contributed by atoms with Crippen LogP contribution >= 0.6 is 0 Å². The molecule has 0 aromatic carbocycles. The topological polar surface area (TPSA) is 90.0 Å². The van der Waals surface area contributed by atoms with E-state index in [1.807, 2.05) is 13.0 Å². The van der Waals surface area contributed by atoms with E-state index in [-0.39, 0.29) is 22.2 Å². The molecule has 22 heavy (non-hydrogen) atoms. The van der Waals surface area contributed by atoms with Crippen molar-refractivity contribution in [3.8, 4) is 0 Å². The third-order valence-corrected chi connectivity index (χ3v) is 3.33. The van der Waals surface area contributed by atoms with E-state index >= 15 is 0 Å². The first kappa shape index (κ1) is 14.0. The fraction of sp³-hybridized carbons (Fsp3) is 0.200. The highest BCUT2D eigenvalue weighted by Crippen LogP contribution is 2.21. The van der Waals surface area contributed by atoms with Gasteiger partial charge < -0.3 is 14.3 Å². The van der Waals surface area contributed by atoms with Gasteiger partial charge in [-0.2, -0.15) is 0 Å². The van der Waals surface area contributed by atoms with E-state index in [1.165, 1.54) is 10.9 Å². The number of pyridine rings is 1. The summed E-state index contributed by atoms with van der Waals surface area (Å²) < 4.78 is 6.71. The summed E-state index contributed by atoms with van der Waals surface area (Å²) in [6, 6.07) is 3.53. The number of anilines is 1. The zero-order chi connectivity index (χ0) is 15.9. The smallest absolute Gasteiger partial charge is 0.265 e. The fourth-order valence-electron chi connectivity index (χ4n) is 2.18. The van der Waals surface area contributed by atoms with Gasteiger partial charge in [0.1, 0.15) is 23.3 Å². The minimum Gasteiger partial charge on any atom is -0.442 e. The first-order valence-electron chi connectivity index (χ1n) is 6.66. The Kier molecular flexibility index (Phi) is 3.25. The molecule has 3 rings (SSSR count). The number of amides is 1. The summed E-state index contributed by atoms with van der Waals surface area (Å²) >= 11 is 0. The van der Waals surface area contributed by atoms with Gasteiger partial charge in [-0.3, -0.25) is 9.59 Å². The fourth-order valence-corrected chi connectivity index (χ4v) is 2.18. The maximum atomic E-state index is 12.5. The zero-order valence-corrected chi connectivity index (χ0v) is 12.4. The van der Waals surface area contributed by atoms with Crippen molar-refractivity contribution in [3.63, 3.8) is 0 Å². The molecule has 3 aromatic rings. The third kappa shape index (κ3) is 2.26. The monoisotopic (exact) mass is 298 g/mol. The van der Waals surface area contributed by atoms with Gasteiger partial charge in [0, 0.05) is 13.2 Å². The van der Waals surface area contributed by atoms with Crippen molar-refractivity contribution in [2.24, 2.45) is 7.05 Å². The van der Waals surface area contributed by atoms with Crippen LogP contribution < -0.4 is 10.9 Å². The van der Waals surface area contributed by atoms with Crippen LogP contribution in [-0.4, -0.2) is 20.4 Å². The normalized spacial score (nSPS) is 10.9. The second kappa shape index (κ2) is 5.10. The largest absolute Gasteiger partial charge is 0.442 e. The molecule has 0 atom stereocenters. The van der Waals surface area contributed by atoms with E-state index in [0.29, 0.717) is 11.6 Å². The van der Waals surface area contributed by atoms with Crippen LogP contribution in [0.15, 0.2) is 33.9 Å². The highest BCUT2D eigenvalue weighted by Gasteiger charge is 2.22. The Morgan fingerprint density at radius 3 is 2.73 bits per heavy atom. The molecular formula is C15H14N4O3. The van der Waals surface area contributed by atoms with E-state index in [4.69, 9.17) is 4.42 Å². The van der Waals surface area contributed by atoms with Crippen molar-refractivity contribution in [3.05, 3.63) is 51.9 Å². The molecule has 0 aliphatic rings. The van der Waals surface area contributed by atoms with Crippen molar-refractivity contribution in [2.75, 3.05) is 5.32 Å². The summed E-state index contributed by atoms with van der Waals surface area (Å²) in [5.74, 6) is 0.304. The van der Waals surface area contributed by atoms with Crippen LogP contribution in [0.3, 0.4) is 0 Å². The van der Waals surface area contributed by atoms with Crippen molar-refractivity contribution in [1.29, 1.82) is 0 Å². The lowest BCUT2D eigenvalue weighted by Crippen LogP contribution is -2.20. The van der Waals surface area contributed by atoms with Gasteiger partial charge in [0.15, 0.2) is 0 Å². The summed E-state index contributed by atoms with van der Waals surface area (Å²) in [6.07, 6.45) is 3.01. The molecule has 0 saturated carbocycles. The third-order valence-electron chi connectivity index (χ3n) is 3.33. The molecule has 112 valence electrons. The van der Waals surface area contributed by atoms with E-state index in [9.17, 15) is 9.59 Å². The molecule has 7 nitrogen and oxygen atoms in total. The Balaban J connectivity index is 2.07. The Morgan fingerprint density at radius 2 is 2.05 bits per heavy atom. The molecule has 1 amide bonds. The second-order valence-corrected chi connectivity index (χ2v) is 5.05. The predicted octanol–water partition coefficient (Wildman–Crippen LogP) is 1.79. The lowest BCUT2D eigenvalue weighted by molar-refractivity contribution is 0.102. The molecule has 7 heteroatoms. The molecule has 3 aromatic heterocycles. The number of nitrogens with one attached hydrogen (secondary N) is 1. The molecule has 0 bridgehead atoms. The van der Waals surface area contributed by atoms with Crippen molar-refractivity contribution in [1.82, 2.24) is 14.5 Å². The lowest BCUT2D eigenvalue weighted by atomic mass is 10.2. The predicted molar refractivity (Wildman–Crippen MR) is 80.9 cm³/mol. The number of aryl methyl sites for hydroxylation is 3. The Hall–Kier alpha value is -2.96. The number of hydrogen-bond acceptors (Lipinski definition) is 5. The summed E-state index contributed by atoms with van der Waals surface area (Å²) in [6.45, 7) is 3.53. The molecule has 0 aliphatic heterocycles. The molecule has 0 unspecified atom stereocenters. The van der Waals surface area contributed by atoms with E-state index in [2.05, 4.69) is 15.3 Å². The number of aromatic nitrogens is 3. The Labute approximate surface area is 125 Å². The van der Waals surface area contributed by atoms with Crippen LogP contribution in [0.25, 0.3) is 11.1 Å². The van der Waals surface area contributed by atoms with Crippen molar-refractivity contribution < 1.29 is 9.21 Å². The van der Waals surface area contributed by atoms with Gasteiger partial charge in [-0.25, -0.2) is 9.97 Å². The molecule has 3 heterocycles. The van der Waals surface area contributed by atoms with E-state index in [1.54, 1.807) is 26.2 Å². The van der Waals surface area contributed by atoms with E-state index in [0.717, 1.165) is 5.56 Å². The highest BCUT2D eigenvalue weighted by atomic mass is 16.3. The quantitative estimate of drug-likeness (QED) is 0.779. The maximum absolute atomic E-state index is 12.5. The van der Waals surface area contributed by atoms with Gasteiger partial charge in [-0.05, 0) is 25.5 Å².